The summed E-state index contributed by atoms with van der Waals surface area (Å²) < 4.78 is 27.7. The number of nitrogens with zero attached hydrogens (tertiary/aromatic N) is 4. The molecule has 1 aliphatic heterocycles. The van der Waals surface area contributed by atoms with E-state index in [1.54, 1.807) is 30.6 Å². The van der Waals surface area contributed by atoms with Crippen molar-refractivity contribution in [3.63, 3.8) is 0 Å². The van der Waals surface area contributed by atoms with Gasteiger partial charge in [-0.1, -0.05) is 17.7 Å². The summed E-state index contributed by atoms with van der Waals surface area (Å²) in [5.41, 5.74) is 3.07. The summed E-state index contributed by atoms with van der Waals surface area (Å²) >= 11 is 11.8. The molecule has 35 heavy (non-hydrogen) atoms. The lowest BCUT2D eigenvalue weighted by Gasteiger charge is -2.29. The van der Waals surface area contributed by atoms with E-state index in [2.05, 4.69) is 20.0 Å². The van der Waals surface area contributed by atoms with Gasteiger partial charge in [-0.15, -0.1) is 0 Å². The summed E-state index contributed by atoms with van der Waals surface area (Å²) in [6, 6.07) is 20.0. The molecule has 0 amide bonds. The lowest BCUT2D eigenvalue weighted by atomic mass is 10.0. The van der Waals surface area contributed by atoms with E-state index in [9.17, 15) is 8.42 Å². The highest BCUT2D eigenvalue weighted by Gasteiger charge is 2.42. The first-order valence-electron chi connectivity index (χ1n) is 10.7. The van der Waals surface area contributed by atoms with Gasteiger partial charge in [-0.2, -0.15) is 0 Å². The number of pyridine rings is 2. The van der Waals surface area contributed by atoms with E-state index >= 15 is 0 Å². The number of thiocarbonyl (C=S) groups is 1. The maximum atomic E-state index is 11.6. The monoisotopic (exact) mass is 524 g/mol. The van der Waals surface area contributed by atoms with Crippen LogP contribution < -0.4 is 14.9 Å². The molecule has 1 fully saturated rings. The van der Waals surface area contributed by atoms with Crippen LogP contribution in [0.4, 0.5) is 11.4 Å². The smallest absolute Gasteiger partial charge is 0.229 e. The van der Waals surface area contributed by atoms with Crippen molar-refractivity contribution in [2.75, 3.05) is 15.9 Å². The third-order valence-electron chi connectivity index (χ3n) is 5.59. The number of aromatic nitrogens is 3. The van der Waals surface area contributed by atoms with Crippen LogP contribution >= 0.6 is 23.8 Å². The minimum absolute atomic E-state index is 0.238. The second-order valence-electron chi connectivity index (χ2n) is 8.06. The van der Waals surface area contributed by atoms with Crippen molar-refractivity contribution in [2.24, 2.45) is 0 Å². The Hall–Kier alpha value is -3.47. The molecule has 5 rings (SSSR count). The Labute approximate surface area is 213 Å². The fourth-order valence-corrected chi connectivity index (χ4v) is 5.21. The predicted molar refractivity (Wildman–Crippen MR) is 141 cm³/mol. The number of halogens is 1. The molecule has 11 heteroatoms. The molecular formula is C24H21ClN6O2S2. The minimum Gasteiger partial charge on any atom is -0.351 e. The SMILES string of the molecule is CS(=O)(=O)Nc1ccc(N2C(=S)N[C@@H](c3ccccn3)[C@H]2c2cccn2-c2ccc(Cl)cn2)cc1. The molecule has 4 aromatic rings. The van der Waals surface area contributed by atoms with Gasteiger partial charge in [0.25, 0.3) is 0 Å². The third kappa shape index (κ3) is 4.86. The number of sulfonamides is 1. The Morgan fingerprint density at radius 2 is 1.83 bits per heavy atom. The van der Waals surface area contributed by atoms with Gasteiger partial charge in [-0.25, -0.2) is 13.4 Å². The molecule has 178 valence electrons. The maximum Gasteiger partial charge on any atom is 0.229 e. The van der Waals surface area contributed by atoms with Crippen LogP contribution in [0.1, 0.15) is 23.5 Å². The van der Waals surface area contributed by atoms with Crippen molar-refractivity contribution in [3.8, 4) is 5.82 Å². The van der Waals surface area contributed by atoms with Crippen LogP contribution in [0.25, 0.3) is 5.82 Å². The Kier molecular flexibility index (Phi) is 6.18. The van der Waals surface area contributed by atoms with Gasteiger partial charge in [0.1, 0.15) is 11.9 Å². The fourth-order valence-electron chi connectivity index (χ4n) is 4.19. The van der Waals surface area contributed by atoms with E-state index in [4.69, 9.17) is 23.8 Å². The number of benzene rings is 1. The molecule has 1 saturated heterocycles. The fraction of sp³-hybridized carbons (Fsp3) is 0.125. The summed E-state index contributed by atoms with van der Waals surface area (Å²) in [6.45, 7) is 0. The molecule has 1 aliphatic rings. The molecule has 0 bridgehead atoms. The van der Waals surface area contributed by atoms with Gasteiger partial charge in [-0.05, 0) is 72.9 Å². The van der Waals surface area contributed by atoms with Crippen molar-refractivity contribution >= 4 is 50.3 Å². The molecule has 0 radical (unpaired) electrons. The van der Waals surface area contributed by atoms with Crippen molar-refractivity contribution in [1.82, 2.24) is 19.9 Å². The van der Waals surface area contributed by atoms with E-state index in [0.29, 0.717) is 15.8 Å². The second-order valence-corrected chi connectivity index (χ2v) is 10.6. The van der Waals surface area contributed by atoms with E-state index in [1.807, 2.05) is 64.2 Å². The van der Waals surface area contributed by atoms with Gasteiger partial charge in [-0.3, -0.25) is 9.71 Å². The Morgan fingerprint density at radius 1 is 1.03 bits per heavy atom. The highest BCUT2D eigenvalue weighted by Crippen LogP contribution is 2.42. The molecule has 1 aromatic carbocycles. The first kappa shape index (κ1) is 23.3. The quantitative estimate of drug-likeness (QED) is 0.359. The molecule has 4 heterocycles. The summed E-state index contributed by atoms with van der Waals surface area (Å²) in [4.78, 5) is 11.1. The largest absolute Gasteiger partial charge is 0.351 e. The Balaban J connectivity index is 1.60. The van der Waals surface area contributed by atoms with E-state index < -0.39 is 10.0 Å². The predicted octanol–water partition coefficient (Wildman–Crippen LogP) is 4.47. The van der Waals surface area contributed by atoms with Crippen LogP contribution in [0, 0.1) is 0 Å². The number of hydrogen-bond donors (Lipinski definition) is 2. The first-order chi connectivity index (χ1) is 16.8. The van der Waals surface area contributed by atoms with E-state index in [1.165, 1.54) is 0 Å². The van der Waals surface area contributed by atoms with Crippen LogP contribution in [0.15, 0.2) is 85.3 Å². The zero-order chi connectivity index (χ0) is 24.6. The van der Waals surface area contributed by atoms with Crippen LogP contribution in [-0.2, 0) is 10.0 Å². The average molecular weight is 525 g/mol. The standard InChI is InChI=1S/C24H21ClN6O2S2/c1-35(32,33)29-17-8-10-18(11-9-17)31-23(22(28-24(31)34)19-5-2-3-13-26-19)20-6-4-14-30(20)21-12-7-16(25)15-27-21/h2-15,22-23,29H,1H3,(H,28,34)/t22-,23+/m0/s1. The normalized spacial score (nSPS) is 17.9. The molecule has 0 saturated carbocycles. The van der Waals surface area contributed by atoms with Crippen molar-refractivity contribution < 1.29 is 8.42 Å². The lowest BCUT2D eigenvalue weighted by molar-refractivity contribution is 0.548. The summed E-state index contributed by atoms with van der Waals surface area (Å²) in [5.74, 6) is 0.722. The molecule has 3 aromatic heterocycles. The molecule has 0 aliphatic carbocycles. The van der Waals surface area contributed by atoms with Crippen LogP contribution in [-0.4, -0.2) is 34.3 Å². The summed E-state index contributed by atoms with van der Waals surface area (Å²) in [7, 11) is -3.38. The third-order valence-corrected chi connectivity index (χ3v) is 6.73. The van der Waals surface area contributed by atoms with E-state index in [-0.39, 0.29) is 12.1 Å². The van der Waals surface area contributed by atoms with E-state index in [0.717, 1.165) is 29.1 Å². The van der Waals surface area contributed by atoms with Gasteiger partial charge >= 0.3 is 0 Å². The van der Waals surface area contributed by atoms with Crippen LogP contribution in [0.5, 0.6) is 0 Å². The van der Waals surface area contributed by atoms with Gasteiger partial charge in [0.15, 0.2) is 5.11 Å². The maximum absolute atomic E-state index is 11.6. The minimum atomic E-state index is -3.38. The molecule has 0 spiro atoms. The number of anilines is 2. The van der Waals surface area contributed by atoms with Gasteiger partial charge in [0.2, 0.25) is 10.0 Å². The van der Waals surface area contributed by atoms with Crippen LogP contribution in [0.3, 0.4) is 0 Å². The highest BCUT2D eigenvalue weighted by molar-refractivity contribution is 7.92. The number of rotatable bonds is 6. The Morgan fingerprint density at radius 3 is 2.49 bits per heavy atom. The van der Waals surface area contributed by atoms with Gasteiger partial charge < -0.3 is 14.8 Å². The lowest BCUT2D eigenvalue weighted by Crippen LogP contribution is -2.30. The molecule has 0 unspecified atom stereocenters. The van der Waals surface area contributed by atoms with Crippen molar-refractivity contribution in [2.45, 2.75) is 12.1 Å². The number of nitrogens with one attached hydrogen (secondary N) is 2. The Bertz CT molecular complexity index is 1460. The van der Waals surface area contributed by atoms with Crippen molar-refractivity contribution in [3.05, 3.63) is 102 Å². The molecule has 8 nitrogen and oxygen atoms in total. The molecule has 2 N–H and O–H groups in total. The average Bonchev–Trinajstić information content (AvgIpc) is 3.44. The number of hydrogen-bond acceptors (Lipinski definition) is 5. The second kappa shape index (κ2) is 9.29. The van der Waals surface area contributed by atoms with Crippen molar-refractivity contribution in [1.29, 1.82) is 0 Å². The highest BCUT2D eigenvalue weighted by atomic mass is 35.5. The molecule has 2 atom stereocenters. The zero-order valence-corrected chi connectivity index (χ0v) is 20.9. The molecular weight excluding hydrogens is 504 g/mol. The summed E-state index contributed by atoms with van der Waals surface area (Å²) in [5, 5.41) is 4.52. The first-order valence-corrected chi connectivity index (χ1v) is 13.4. The summed E-state index contributed by atoms with van der Waals surface area (Å²) in [6.07, 6.45) is 6.43. The van der Waals surface area contributed by atoms with Gasteiger partial charge in [0.05, 0.1) is 23.0 Å². The van der Waals surface area contributed by atoms with Crippen LogP contribution in [0.2, 0.25) is 5.02 Å². The topological polar surface area (TPSA) is 92.2 Å². The zero-order valence-electron chi connectivity index (χ0n) is 18.5. The van der Waals surface area contributed by atoms with Gasteiger partial charge in [0, 0.05) is 35.7 Å².